The Bertz CT molecular complexity index is 1420. The molecule has 0 aromatic heterocycles. The van der Waals surface area contributed by atoms with Crippen molar-refractivity contribution < 1.29 is 23.8 Å². The van der Waals surface area contributed by atoms with Gasteiger partial charge in [0.15, 0.2) is 17.2 Å². The summed E-state index contributed by atoms with van der Waals surface area (Å²) >= 11 is 0. The summed E-state index contributed by atoms with van der Waals surface area (Å²) in [5.41, 5.74) is 1.59. The van der Waals surface area contributed by atoms with E-state index in [9.17, 15) is 9.59 Å². The quantitative estimate of drug-likeness (QED) is 0.196. The Hall–Kier alpha value is -4.24. The van der Waals surface area contributed by atoms with Crippen molar-refractivity contribution in [1.82, 2.24) is 10.2 Å². The molecule has 234 valence electrons. The van der Waals surface area contributed by atoms with Crippen LogP contribution in [0.3, 0.4) is 0 Å². The average Bonchev–Trinajstić information content (AvgIpc) is 3.24. The van der Waals surface area contributed by atoms with Crippen LogP contribution in [0.1, 0.15) is 76.1 Å². The lowest BCUT2D eigenvalue weighted by molar-refractivity contribution is -0.0945. The average molecular weight is 601 g/mol. The van der Waals surface area contributed by atoms with Gasteiger partial charge in [-0.05, 0) is 99.3 Å². The molecule has 3 amide bonds. The Morgan fingerprint density at radius 2 is 1.57 bits per heavy atom. The van der Waals surface area contributed by atoms with Crippen LogP contribution in [0.15, 0.2) is 66.7 Å². The number of nitrogens with one attached hydrogen (secondary N) is 3. The zero-order chi connectivity index (χ0) is 31.1. The zero-order valence-corrected chi connectivity index (χ0v) is 26.2. The van der Waals surface area contributed by atoms with Gasteiger partial charge in [0.2, 0.25) is 0 Å². The number of rotatable bonds is 12. The SMILES string of the molecule is CCC(CC)NC(=O)Nc1ccc(Oc2ccc(NC(=O)c3ccc(OC45CCCC(CC4)N5CC)cc3)cc2)c(OC)c1. The van der Waals surface area contributed by atoms with Gasteiger partial charge in [0.1, 0.15) is 11.5 Å². The van der Waals surface area contributed by atoms with Crippen molar-refractivity contribution in [1.29, 1.82) is 0 Å². The predicted octanol–water partition coefficient (Wildman–Crippen LogP) is 7.79. The van der Waals surface area contributed by atoms with Gasteiger partial charge in [-0.1, -0.05) is 20.8 Å². The molecule has 0 radical (unpaired) electrons. The van der Waals surface area contributed by atoms with Crippen molar-refractivity contribution in [3.8, 4) is 23.0 Å². The Morgan fingerprint density at radius 3 is 2.25 bits per heavy atom. The molecule has 2 aliphatic heterocycles. The molecule has 2 unspecified atom stereocenters. The van der Waals surface area contributed by atoms with Crippen molar-refractivity contribution in [2.75, 3.05) is 24.3 Å². The van der Waals surface area contributed by atoms with Gasteiger partial charge in [-0.3, -0.25) is 9.69 Å². The fourth-order valence-electron chi connectivity index (χ4n) is 6.42. The largest absolute Gasteiger partial charge is 0.493 e. The predicted molar refractivity (Wildman–Crippen MR) is 173 cm³/mol. The zero-order valence-electron chi connectivity index (χ0n) is 26.2. The van der Waals surface area contributed by atoms with E-state index in [1.807, 2.05) is 38.1 Å². The third-order valence-corrected chi connectivity index (χ3v) is 8.78. The van der Waals surface area contributed by atoms with Gasteiger partial charge in [0, 0.05) is 47.9 Å². The number of hydrogen-bond donors (Lipinski definition) is 3. The van der Waals surface area contributed by atoms with Crippen LogP contribution in [-0.2, 0) is 0 Å². The van der Waals surface area contributed by atoms with E-state index in [0.29, 0.717) is 40.2 Å². The number of nitrogens with zero attached hydrogens (tertiary/aromatic N) is 1. The number of piperidine rings is 1. The fourth-order valence-corrected chi connectivity index (χ4v) is 6.42. The fraction of sp³-hybridized carbons (Fsp3) is 0.429. The first-order valence-corrected chi connectivity index (χ1v) is 15.8. The number of carbonyl (C=O) groups excluding carboxylic acids is 2. The molecule has 2 aliphatic rings. The molecule has 0 spiro atoms. The van der Waals surface area contributed by atoms with E-state index in [-0.39, 0.29) is 23.7 Å². The number of carbonyl (C=O) groups is 2. The summed E-state index contributed by atoms with van der Waals surface area (Å²) in [7, 11) is 1.55. The van der Waals surface area contributed by atoms with Gasteiger partial charge in [-0.25, -0.2) is 4.79 Å². The highest BCUT2D eigenvalue weighted by atomic mass is 16.5. The number of benzene rings is 3. The molecule has 2 bridgehead atoms. The Kier molecular flexibility index (Phi) is 9.95. The lowest BCUT2D eigenvalue weighted by Gasteiger charge is -2.44. The highest BCUT2D eigenvalue weighted by Gasteiger charge is 2.49. The van der Waals surface area contributed by atoms with Crippen LogP contribution in [0.5, 0.6) is 23.0 Å². The summed E-state index contributed by atoms with van der Waals surface area (Å²) in [6, 6.07) is 20.2. The van der Waals surface area contributed by atoms with Crippen LogP contribution >= 0.6 is 0 Å². The summed E-state index contributed by atoms with van der Waals surface area (Å²) in [6.45, 7) is 7.28. The third-order valence-electron chi connectivity index (χ3n) is 8.78. The molecule has 3 N–H and O–H groups in total. The molecule has 3 aromatic carbocycles. The second-order valence-electron chi connectivity index (χ2n) is 11.5. The van der Waals surface area contributed by atoms with E-state index < -0.39 is 0 Å². The van der Waals surface area contributed by atoms with Crippen molar-refractivity contribution >= 4 is 23.3 Å². The van der Waals surface area contributed by atoms with Crippen molar-refractivity contribution in [3.63, 3.8) is 0 Å². The van der Waals surface area contributed by atoms with Crippen molar-refractivity contribution in [2.45, 2.75) is 83.5 Å². The van der Waals surface area contributed by atoms with Crippen molar-refractivity contribution in [2.24, 2.45) is 0 Å². The molecule has 2 atom stereocenters. The smallest absolute Gasteiger partial charge is 0.319 e. The number of amides is 3. The molecule has 5 rings (SSSR count). The minimum absolute atomic E-state index is 0.125. The Balaban J connectivity index is 1.16. The van der Waals surface area contributed by atoms with E-state index in [2.05, 4.69) is 27.8 Å². The maximum absolute atomic E-state index is 13.0. The second-order valence-corrected chi connectivity index (χ2v) is 11.5. The molecule has 0 aliphatic carbocycles. The van der Waals surface area contributed by atoms with Gasteiger partial charge in [-0.2, -0.15) is 0 Å². The molecule has 9 nitrogen and oxygen atoms in total. The maximum atomic E-state index is 13.0. The van der Waals surface area contributed by atoms with E-state index in [1.54, 1.807) is 49.6 Å². The number of urea groups is 1. The molecule has 2 saturated heterocycles. The summed E-state index contributed by atoms with van der Waals surface area (Å²) in [4.78, 5) is 27.8. The summed E-state index contributed by atoms with van der Waals surface area (Å²) in [5, 5.41) is 8.74. The molecular weight excluding hydrogens is 556 g/mol. The van der Waals surface area contributed by atoms with Gasteiger partial charge in [0.05, 0.1) is 7.11 Å². The summed E-state index contributed by atoms with van der Waals surface area (Å²) in [5.74, 6) is 2.16. The number of methoxy groups -OCH3 is 1. The van der Waals surface area contributed by atoms with E-state index in [4.69, 9.17) is 14.2 Å². The topological polar surface area (TPSA) is 101 Å². The summed E-state index contributed by atoms with van der Waals surface area (Å²) < 4.78 is 18.1. The molecule has 44 heavy (non-hydrogen) atoms. The van der Waals surface area contributed by atoms with E-state index in [1.165, 1.54) is 19.3 Å². The second kappa shape index (κ2) is 14.0. The highest BCUT2D eigenvalue weighted by molar-refractivity contribution is 6.04. The first-order valence-electron chi connectivity index (χ1n) is 15.8. The number of fused-ring (bicyclic) bond motifs is 2. The van der Waals surface area contributed by atoms with Crippen LogP contribution < -0.4 is 30.2 Å². The minimum atomic E-state index is -0.259. The number of ether oxygens (including phenoxy) is 3. The lowest BCUT2D eigenvalue weighted by atomic mass is 9.99. The molecule has 3 aromatic rings. The molecule has 2 fully saturated rings. The molecule has 9 heteroatoms. The summed E-state index contributed by atoms with van der Waals surface area (Å²) in [6.07, 6.45) is 7.47. The van der Waals surface area contributed by atoms with Crippen molar-refractivity contribution in [3.05, 3.63) is 72.3 Å². The molecular formula is C35H44N4O5. The number of hydrogen-bond acceptors (Lipinski definition) is 6. The molecule has 2 heterocycles. The van der Waals surface area contributed by atoms with E-state index >= 15 is 0 Å². The van der Waals surface area contributed by atoms with Gasteiger partial charge >= 0.3 is 6.03 Å². The Labute approximate surface area is 260 Å². The van der Waals surface area contributed by atoms with Gasteiger partial charge in [-0.15, -0.1) is 0 Å². The van der Waals surface area contributed by atoms with Crippen LogP contribution in [0, 0.1) is 0 Å². The number of anilines is 2. The minimum Gasteiger partial charge on any atom is -0.493 e. The maximum Gasteiger partial charge on any atom is 0.319 e. The van der Waals surface area contributed by atoms with E-state index in [0.717, 1.165) is 38.0 Å². The van der Waals surface area contributed by atoms with Gasteiger partial charge in [0.25, 0.3) is 5.91 Å². The third kappa shape index (κ3) is 7.10. The van der Waals surface area contributed by atoms with Crippen LogP contribution in [0.25, 0.3) is 0 Å². The van der Waals surface area contributed by atoms with Gasteiger partial charge < -0.3 is 30.2 Å². The standard InChI is InChI=1S/C35H44N4O5/c1-5-25(6-2)37-34(41)38-27-14-19-31(32(23-27)42-4)43-29-17-12-26(13-18-29)36-33(40)24-10-15-30(16-11-24)44-35-21-8-9-28(20-22-35)39(35)7-3/h10-19,23,25,28H,5-9,20-22H2,1-4H3,(H,36,40)(H2,37,38,41). The monoisotopic (exact) mass is 600 g/mol. The van der Waals surface area contributed by atoms with Crippen LogP contribution in [0.4, 0.5) is 16.2 Å². The van der Waals surface area contributed by atoms with Crippen LogP contribution in [-0.4, -0.2) is 48.3 Å². The first-order chi connectivity index (χ1) is 21.4. The highest BCUT2D eigenvalue weighted by Crippen LogP contribution is 2.45. The normalized spacial score (nSPS) is 19.3. The Morgan fingerprint density at radius 1 is 0.864 bits per heavy atom. The molecule has 0 saturated carbocycles. The first kappa shape index (κ1) is 31.2. The lowest BCUT2D eigenvalue weighted by Crippen LogP contribution is -2.53. The van der Waals surface area contributed by atoms with Crippen LogP contribution in [0.2, 0.25) is 0 Å².